The molecule has 0 saturated heterocycles. The molecule has 2 atom stereocenters. The number of phosphoric ester groups is 1. The molecule has 2 unspecified atom stereocenters. The van der Waals surface area contributed by atoms with E-state index in [1.54, 1.807) is 0 Å². The Balaban J connectivity index is 4.97. The third-order valence-corrected chi connectivity index (χ3v) is 6.51. The van der Waals surface area contributed by atoms with Crippen LogP contribution in [0.5, 0.6) is 0 Å². The third-order valence-electron chi connectivity index (χ3n) is 5.60. The fourth-order valence-corrected chi connectivity index (χ4v) is 4.65. The zero-order valence-corrected chi connectivity index (χ0v) is 20.3. The average Bonchev–Trinajstić information content (AvgIpc) is 2.67. The number of carbonyl (C=O) groups is 1. The zero-order valence-electron chi connectivity index (χ0n) is 19.5. The predicted molar refractivity (Wildman–Crippen MR) is 120 cm³/mol. The van der Waals surface area contributed by atoms with Gasteiger partial charge in [-0.1, -0.05) is 53.5 Å². The van der Waals surface area contributed by atoms with Gasteiger partial charge in [0.15, 0.2) is 0 Å². The van der Waals surface area contributed by atoms with Crippen LogP contribution in [0.25, 0.3) is 0 Å². The Hall–Kier alpha value is -0.680. The van der Waals surface area contributed by atoms with Gasteiger partial charge in [0.2, 0.25) is 0 Å². The fourth-order valence-electron chi connectivity index (χ4n) is 3.88. The molecule has 0 bridgehead atoms. The van der Waals surface area contributed by atoms with E-state index in [9.17, 15) is 14.3 Å². The molecule has 0 aromatic heterocycles. The highest BCUT2D eigenvalue weighted by atomic mass is 31.2. The van der Waals surface area contributed by atoms with Crippen LogP contribution < -0.4 is 0 Å². The van der Waals surface area contributed by atoms with E-state index in [1.165, 1.54) is 65.1 Å². The van der Waals surface area contributed by atoms with Gasteiger partial charge in [0.1, 0.15) is 0 Å². The molecule has 0 heterocycles. The summed E-state index contributed by atoms with van der Waals surface area (Å²) in [6, 6.07) is 0.513. The predicted octanol–water partition coefficient (Wildman–Crippen LogP) is 6.00. The fraction of sp³-hybridized carbons (Fsp3) is 0.864. The van der Waals surface area contributed by atoms with Crippen LogP contribution in [0, 0.1) is 0 Å². The Kier molecular flexibility index (Phi) is 14.8. The van der Waals surface area contributed by atoms with E-state index in [0.29, 0.717) is 12.5 Å². The summed E-state index contributed by atoms with van der Waals surface area (Å²) >= 11 is 0. The lowest BCUT2D eigenvalue weighted by atomic mass is 10.00. The first-order valence-electron chi connectivity index (χ1n) is 11.4. The van der Waals surface area contributed by atoms with Crippen LogP contribution in [0.2, 0.25) is 0 Å². The third kappa shape index (κ3) is 11.3. The number of unbranched alkanes of at least 4 members (excludes halogenated alkanes) is 3. The molecule has 172 valence electrons. The molecular formula is C22H45NO5P+. The number of rotatable bonds is 18. The Morgan fingerprint density at radius 2 is 1.48 bits per heavy atom. The Morgan fingerprint density at radius 1 is 1.00 bits per heavy atom. The topological polar surface area (TPSA) is 72.8 Å². The van der Waals surface area contributed by atoms with Crippen molar-refractivity contribution >= 4 is 13.8 Å². The highest BCUT2D eigenvalue weighted by Gasteiger charge is 2.34. The van der Waals surface area contributed by atoms with Gasteiger partial charge in [-0.05, 0) is 39.0 Å². The molecule has 1 N–H and O–H groups in total. The second-order valence-corrected chi connectivity index (χ2v) is 9.49. The summed E-state index contributed by atoms with van der Waals surface area (Å²) in [6.07, 6.45) is 9.94. The summed E-state index contributed by atoms with van der Waals surface area (Å²) in [5.74, 6) is -0.906. The van der Waals surface area contributed by atoms with Gasteiger partial charge in [-0.3, -0.25) is 9.42 Å². The minimum absolute atomic E-state index is 0.0683. The molecule has 6 nitrogen and oxygen atoms in total. The van der Waals surface area contributed by atoms with E-state index >= 15 is 0 Å². The molecule has 0 aliphatic rings. The summed E-state index contributed by atoms with van der Waals surface area (Å²) in [7, 11) is -4.38. The molecule has 0 aromatic carbocycles. The minimum Gasteiger partial charge on any atom is -0.367 e. The maximum absolute atomic E-state index is 11.9. The molecule has 0 amide bonds. The number of carbonyl (C=O) groups excluding carboxylic acids is 1. The van der Waals surface area contributed by atoms with Crippen LogP contribution in [-0.4, -0.2) is 47.6 Å². The lowest BCUT2D eigenvalue weighted by Gasteiger charge is -2.45. The first-order chi connectivity index (χ1) is 13.7. The molecule has 0 saturated carbocycles. The van der Waals surface area contributed by atoms with E-state index in [0.717, 1.165) is 17.3 Å². The van der Waals surface area contributed by atoms with Crippen molar-refractivity contribution in [3.8, 4) is 0 Å². The maximum Gasteiger partial charge on any atom is 0.529 e. The van der Waals surface area contributed by atoms with Gasteiger partial charge >= 0.3 is 13.8 Å². The largest absolute Gasteiger partial charge is 0.529 e. The smallest absolute Gasteiger partial charge is 0.367 e. The number of quaternary nitrogens is 1. The van der Waals surface area contributed by atoms with Crippen molar-refractivity contribution in [2.75, 3.05) is 26.2 Å². The molecule has 0 radical (unpaired) electrons. The van der Waals surface area contributed by atoms with Crippen molar-refractivity contribution < 1.29 is 27.8 Å². The first kappa shape index (κ1) is 28.3. The second-order valence-electron chi connectivity index (χ2n) is 8.12. The lowest BCUT2D eigenvalue weighted by molar-refractivity contribution is -0.952. The van der Waals surface area contributed by atoms with Crippen molar-refractivity contribution in [3.05, 3.63) is 12.2 Å². The van der Waals surface area contributed by atoms with Crippen LogP contribution in [0.15, 0.2) is 12.2 Å². The molecule has 0 aliphatic heterocycles. The summed E-state index contributed by atoms with van der Waals surface area (Å²) in [6.45, 7) is 17.5. The van der Waals surface area contributed by atoms with E-state index < -0.39 is 13.8 Å². The maximum atomic E-state index is 11.9. The number of phosphoric acid groups is 1. The summed E-state index contributed by atoms with van der Waals surface area (Å²) < 4.78 is 22.6. The van der Waals surface area contributed by atoms with E-state index in [2.05, 4.69) is 38.8 Å². The normalized spacial score (nSPS) is 15.0. The second kappa shape index (κ2) is 15.2. The number of hydrogen-bond donors (Lipinski definition) is 1. The van der Waals surface area contributed by atoms with Gasteiger partial charge in [-0.15, -0.1) is 0 Å². The van der Waals surface area contributed by atoms with Crippen LogP contribution >= 0.6 is 7.82 Å². The molecule has 0 spiro atoms. The van der Waals surface area contributed by atoms with Crippen molar-refractivity contribution in [2.24, 2.45) is 0 Å². The Labute approximate surface area is 178 Å². The van der Waals surface area contributed by atoms with Crippen molar-refractivity contribution in [1.82, 2.24) is 0 Å². The molecule has 0 aliphatic carbocycles. The van der Waals surface area contributed by atoms with E-state index in [-0.39, 0.29) is 12.2 Å². The summed E-state index contributed by atoms with van der Waals surface area (Å²) in [5, 5.41) is 0. The summed E-state index contributed by atoms with van der Waals surface area (Å²) in [5.41, 5.74) is 0.0683. The Bertz CT molecular complexity index is 502. The lowest BCUT2D eigenvalue weighted by Crippen LogP contribution is -2.57. The minimum atomic E-state index is -4.38. The van der Waals surface area contributed by atoms with Crippen molar-refractivity contribution in [1.29, 1.82) is 0 Å². The van der Waals surface area contributed by atoms with Gasteiger partial charge < -0.3 is 9.01 Å². The molecule has 7 heteroatoms. The SMILES string of the molecule is C=C(C)C(=O)OP(=O)(O)OCCCC(CC)[N+](CCCC)(CCCC)CCCC. The van der Waals surface area contributed by atoms with Crippen LogP contribution in [-0.2, 0) is 18.4 Å². The monoisotopic (exact) mass is 434 g/mol. The first-order valence-corrected chi connectivity index (χ1v) is 12.9. The van der Waals surface area contributed by atoms with Crippen LogP contribution in [0.1, 0.15) is 92.4 Å². The quantitative estimate of drug-likeness (QED) is 0.124. The van der Waals surface area contributed by atoms with E-state index in [4.69, 9.17) is 4.52 Å². The van der Waals surface area contributed by atoms with Gasteiger partial charge in [0.05, 0.1) is 32.3 Å². The number of hydrogen-bond acceptors (Lipinski definition) is 4. The van der Waals surface area contributed by atoms with Crippen molar-refractivity contribution in [3.63, 3.8) is 0 Å². The van der Waals surface area contributed by atoms with Crippen molar-refractivity contribution in [2.45, 2.75) is 98.4 Å². The standard InChI is InChI=1S/C22H44NO5P/c1-7-11-16-23(17-12-8-2,18-13-9-3)21(10-4)15-14-19-27-29(25,26)28-22(24)20(5)6/h21H,5,7-19H2,1-4,6H3/p+1. The number of nitrogens with zero attached hydrogens (tertiary/aromatic N) is 1. The van der Waals surface area contributed by atoms with Crippen LogP contribution in [0.4, 0.5) is 0 Å². The zero-order chi connectivity index (χ0) is 22.3. The van der Waals surface area contributed by atoms with Gasteiger partial charge in [-0.2, -0.15) is 0 Å². The average molecular weight is 435 g/mol. The molecule has 29 heavy (non-hydrogen) atoms. The van der Waals surface area contributed by atoms with Gasteiger partial charge in [-0.25, -0.2) is 9.36 Å². The molecule has 0 rings (SSSR count). The highest BCUT2D eigenvalue weighted by Crippen LogP contribution is 2.44. The molecule has 0 aromatic rings. The Morgan fingerprint density at radius 3 is 1.86 bits per heavy atom. The van der Waals surface area contributed by atoms with Gasteiger partial charge in [0.25, 0.3) is 0 Å². The molecular weight excluding hydrogens is 389 g/mol. The summed E-state index contributed by atoms with van der Waals surface area (Å²) in [4.78, 5) is 21.2. The van der Waals surface area contributed by atoms with Crippen LogP contribution in [0.3, 0.4) is 0 Å². The highest BCUT2D eigenvalue weighted by molar-refractivity contribution is 7.48. The van der Waals surface area contributed by atoms with Gasteiger partial charge in [0, 0.05) is 12.0 Å². The van der Waals surface area contributed by atoms with E-state index in [1.807, 2.05) is 0 Å². The molecule has 0 fully saturated rings.